The molecule has 3 aromatic heterocycles. The standard InChI is InChI=1S/C22H29N3OS2/c1-5-7-8-10-27-21-19-18(23-13-24-21)17-14-11-22(3,4)26-12-15(14)16(9-6-2)25-20(17)28-19/h13H,5-12H2,1-4H3. The summed E-state index contributed by atoms with van der Waals surface area (Å²) in [6, 6.07) is 0. The maximum absolute atomic E-state index is 6.14. The summed E-state index contributed by atoms with van der Waals surface area (Å²) in [6.07, 6.45) is 8.49. The molecule has 0 atom stereocenters. The van der Waals surface area contributed by atoms with Gasteiger partial charge in [-0.3, -0.25) is 0 Å². The van der Waals surface area contributed by atoms with Crippen LogP contribution in [-0.4, -0.2) is 26.3 Å². The fraction of sp³-hybridized carbons (Fsp3) is 0.591. The molecule has 28 heavy (non-hydrogen) atoms. The number of aryl methyl sites for hydroxylation is 1. The van der Waals surface area contributed by atoms with E-state index < -0.39 is 0 Å². The van der Waals surface area contributed by atoms with E-state index in [1.54, 1.807) is 17.7 Å². The topological polar surface area (TPSA) is 47.9 Å². The molecule has 0 aliphatic carbocycles. The predicted molar refractivity (Wildman–Crippen MR) is 120 cm³/mol. The van der Waals surface area contributed by atoms with Gasteiger partial charge < -0.3 is 4.74 Å². The smallest absolute Gasteiger partial charge is 0.126 e. The van der Waals surface area contributed by atoms with Crippen molar-refractivity contribution in [2.24, 2.45) is 0 Å². The molecule has 0 amide bonds. The van der Waals surface area contributed by atoms with Crippen molar-refractivity contribution in [3.63, 3.8) is 0 Å². The van der Waals surface area contributed by atoms with Gasteiger partial charge in [0.1, 0.15) is 16.2 Å². The Morgan fingerprint density at radius 3 is 2.79 bits per heavy atom. The summed E-state index contributed by atoms with van der Waals surface area (Å²) in [6.45, 7) is 9.48. The van der Waals surface area contributed by atoms with Crippen LogP contribution in [0, 0.1) is 0 Å². The van der Waals surface area contributed by atoms with Gasteiger partial charge in [-0.25, -0.2) is 15.0 Å². The van der Waals surface area contributed by atoms with Crippen LogP contribution in [0.15, 0.2) is 11.4 Å². The third-order valence-corrected chi connectivity index (χ3v) is 7.64. The Labute approximate surface area is 175 Å². The Hall–Kier alpha value is -1.24. The van der Waals surface area contributed by atoms with Crippen LogP contribution < -0.4 is 0 Å². The van der Waals surface area contributed by atoms with Crippen molar-refractivity contribution >= 4 is 43.5 Å². The Kier molecular flexibility index (Phi) is 5.91. The first kappa shape index (κ1) is 20.0. The number of aromatic nitrogens is 3. The van der Waals surface area contributed by atoms with E-state index in [-0.39, 0.29) is 5.60 Å². The molecule has 1 aliphatic heterocycles. The van der Waals surface area contributed by atoms with E-state index in [1.807, 2.05) is 11.8 Å². The molecule has 4 rings (SSSR count). The summed E-state index contributed by atoms with van der Waals surface area (Å²) >= 11 is 3.63. The van der Waals surface area contributed by atoms with E-state index in [0.29, 0.717) is 6.61 Å². The second-order valence-electron chi connectivity index (χ2n) is 8.19. The number of hydrogen-bond acceptors (Lipinski definition) is 6. The summed E-state index contributed by atoms with van der Waals surface area (Å²) < 4.78 is 7.34. The van der Waals surface area contributed by atoms with Crippen LogP contribution in [-0.2, 0) is 24.2 Å². The highest BCUT2D eigenvalue weighted by atomic mass is 32.2. The van der Waals surface area contributed by atoms with Gasteiger partial charge in [-0.1, -0.05) is 33.1 Å². The number of thiophene rings is 1. The minimum absolute atomic E-state index is 0.149. The van der Waals surface area contributed by atoms with Crippen LogP contribution in [0.25, 0.3) is 20.4 Å². The molecular weight excluding hydrogens is 386 g/mol. The van der Waals surface area contributed by atoms with Crippen molar-refractivity contribution in [1.82, 2.24) is 15.0 Å². The van der Waals surface area contributed by atoms with E-state index in [1.165, 1.54) is 46.2 Å². The minimum atomic E-state index is -0.149. The molecule has 4 heterocycles. The molecule has 150 valence electrons. The zero-order valence-corrected chi connectivity index (χ0v) is 18.9. The van der Waals surface area contributed by atoms with Crippen molar-refractivity contribution < 1.29 is 4.74 Å². The van der Waals surface area contributed by atoms with E-state index in [4.69, 9.17) is 14.7 Å². The molecule has 0 bridgehead atoms. The molecule has 3 aromatic rings. The summed E-state index contributed by atoms with van der Waals surface area (Å²) in [5.74, 6) is 1.11. The first-order valence-electron chi connectivity index (χ1n) is 10.4. The van der Waals surface area contributed by atoms with Gasteiger partial charge >= 0.3 is 0 Å². The number of unbranched alkanes of at least 4 members (excludes halogenated alkanes) is 2. The monoisotopic (exact) mass is 415 g/mol. The summed E-state index contributed by atoms with van der Waals surface area (Å²) in [5, 5.41) is 2.35. The van der Waals surface area contributed by atoms with Gasteiger partial charge in [-0.05, 0) is 38.0 Å². The van der Waals surface area contributed by atoms with Gasteiger partial charge in [0.25, 0.3) is 0 Å². The summed E-state index contributed by atoms with van der Waals surface area (Å²) in [4.78, 5) is 15.5. The number of ether oxygens (including phenoxy) is 1. The molecule has 6 heteroatoms. The fourth-order valence-corrected chi connectivity index (χ4v) is 6.18. The Balaban J connectivity index is 1.86. The number of nitrogens with zero attached hydrogens (tertiary/aromatic N) is 3. The van der Waals surface area contributed by atoms with Gasteiger partial charge in [-0.15, -0.1) is 23.1 Å². The number of hydrogen-bond donors (Lipinski definition) is 0. The first-order valence-corrected chi connectivity index (χ1v) is 12.2. The maximum atomic E-state index is 6.14. The lowest BCUT2D eigenvalue weighted by Gasteiger charge is -2.33. The minimum Gasteiger partial charge on any atom is -0.370 e. The molecule has 0 saturated carbocycles. The Bertz CT molecular complexity index is 997. The second kappa shape index (κ2) is 8.25. The van der Waals surface area contributed by atoms with Crippen LogP contribution in [0.3, 0.4) is 0 Å². The highest BCUT2D eigenvalue weighted by Gasteiger charge is 2.31. The second-order valence-corrected chi connectivity index (χ2v) is 10.3. The zero-order chi connectivity index (χ0) is 19.7. The van der Waals surface area contributed by atoms with Crippen LogP contribution >= 0.6 is 23.1 Å². The van der Waals surface area contributed by atoms with E-state index in [0.717, 1.165) is 40.4 Å². The van der Waals surface area contributed by atoms with E-state index >= 15 is 0 Å². The van der Waals surface area contributed by atoms with E-state index in [2.05, 4.69) is 32.7 Å². The average Bonchev–Trinajstić information content (AvgIpc) is 3.04. The van der Waals surface area contributed by atoms with Gasteiger partial charge in [0, 0.05) is 23.1 Å². The number of rotatable bonds is 7. The SMILES string of the molecule is CCCCCSc1ncnc2c1sc1nc(CCC)c3c(c12)CC(C)(C)OC3. The lowest BCUT2D eigenvalue weighted by atomic mass is 9.88. The van der Waals surface area contributed by atoms with Crippen molar-refractivity contribution in [2.45, 2.75) is 83.5 Å². The molecule has 0 spiro atoms. The Morgan fingerprint density at radius 2 is 2.00 bits per heavy atom. The van der Waals surface area contributed by atoms with Crippen LogP contribution in [0.2, 0.25) is 0 Å². The average molecular weight is 416 g/mol. The zero-order valence-electron chi connectivity index (χ0n) is 17.3. The molecule has 0 saturated heterocycles. The highest BCUT2D eigenvalue weighted by Crippen LogP contribution is 2.42. The third-order valence-electron chi connectivity index (χ3n) is 5.35. The number of thioether (sulfide) groups is 1. The van der Waals surface area contributed by atoms with Crippen LogP contribution in [0.5, 0.6) is 0 Å². The number of pyridine rings is 1. The van der Waals surface area contributed by atoms with Crippen molar-refractivity contribution in [3.8, 4) is 0 Å². The molecule has 0 radical (unpaired) electrons. The maximum Gasteiger partial charge on any atom is 0.126 e. The summed E-state index contributed by atoms with van der Waals surface area (Å²) in [5.41, 5.74) is 4.83. The van der Waals surface area contributed by atoms with Crippen molar-refractivity contribution in [3.05, 3.63) is 23.1 Å². The lowest BCUT2D eigenvalue weighted by Crippen LogP contribution is -2.32. The quantitative estimate of drug-likeness (QED) is 0.256. The highest BCUT2D eigenvalue weighted by molar-refractivity contribution is 7.99. The number of fused-ring (bicyclic) bond motifs is 5. The molecule has 0 aromatic carbocycles. The van der Waals surface area contributed by atoms with Crippen LogP contribution in [0.1, 0.15) is 70.2 Å². The van der Waals surface area contributed by atoms with Crippen molar-refractivity contribution in [1.29, 1.82) is 0 Å². The molecule has 1 aliphatic rings. The van der Waals surface area contributed by atoms with Gasteiger partial charge in [-0.2, -0.15) is 0 Å². The molecule has 4 nitrogen and oxygen atoms in total. The van der Waals surface area contributed by atoms with Gasteiger partial charge in [0.2, 0.25) is 0 Å². The molecule has 0 unspecified atom stereocenters. The predicted octanol–water partition coefficient (Wildman–Crippen LogP) is 6.33. The molecular formula is C22H29N3OS2. The Morgan fingerprint density at radius 1 is 1.14 bits per heavy atom. The largest absolute Gasteiger partial charge is 0.370 e. The summed E-state index contributed by atoms with van der Waals surface area (Å²) in [7, 11) is 0. The third kappa shape index (κ3) is 3.79. The normalized spacial score (nSPS) is 16.0. The van der Waals surface area contributed by atoms with Crippen LogP contribution in [0.4, 0.5) is 0 Å². The molecule has 0 fully saturated rings. The fourth-order valence-electron chi connectivity index (χ4n) is 3.92. The van der Waals surface area contributed by atoms with E-state index in [9.17, 15) is 0 Å². The van der Waals surface area contributed by atoms with Gasteiger partial charge in [0.05, 0.1) is 22.4 Å². The first-order chi connectivity index (χ1) is 13.5. The molecule has 0 N–H and O–H groups in total. The van der Waals surface area contributed by atoms with Crippen molar-refractivity contribution in [2.75, 3.05) is 5.75 Å². The lowest BCUT2D eigenvalue weighted by molar-refractivity contribution is -0.0401. The van der Waals surface area contributed by atoms with Gasteiger partial charge in [0.15, 0.2) is 0 Å².